The van der Waals surface area contributed by atoms with Gasteiger partial charge in [-0.15, -0.1) is 0 Å². The lowest BCUT2D eigenvalue weighted by molar-refractivity contribution is 0.178. The summed E-state index contributed by atoms with van der Waals surface area (Å²) in [6, 6.07) is 7.04. The lowest BCUT2D eigenvalue weighted by Gasteiger charge is -2.10. The monoisotopic (exact) mass is 268 g/mol. The van der Waals surface area contributed by atoms with E-state index in [1.54, 1.807) is 30.6 Å². The maximum atomic E-state index is 9.99. The maximum Gasteiger partial charge on any atom is 0.0846 e. The zero-order chi connectivity index (χ0) is 12.3. The van der Waals surface area contributed by atoms with Gasteiger partial charge >= 0.3 is 0 Å². The van der Waals surface area contributed by atoms with Crippen LogP contribution in [0.1, 0.15) is 17.2 Å². The molecule has 0 radical (unpaired) electrons. The van der Waals surface area contributed by atoms with Crippen molar-refractivity contribution in [1.29, 1.82) is 0 Å². The van der Waals surface area contributed by atoms with Crippen molar-refractivity contribution in [2.75, 3.05) is 0 Å². The molecule has 0 spiro atoms. The highest BCUT2D eigenvalue weighted by molar-refractivity contribution is 6.42. The number of hydrogen-bond acceptors (Lipinski definition) is 3. The summed E-state index contributed by atoms with van der Waals surface area (Å²) in [5.41, 5.74) is 1.65. The van der Waals surface area contributed by atoms with Crippen molar-refractivity contribution in [2.45, 2.75) is 12.5 Å². The summed E-state index contributed by atoms with van der Waals surface area (Å²) in [7, 11) is 0. The van der Waals surface area contributed by atoms with Crippen molar-refractivity contribution in [3.05, 3.63) is 57.8 Å². The van der Waals surface area contributed by atoms with Crippen LogP contribution in [0.25, 0.3) is 0 Å². The lowest BCUT2D eigenvalue weighted by Crippen LogP contribution is -2.02. The first-order chi connectivity index (χ1) is 8.16. The summed E-state index contributed by atoms with van der Waals surface area (Å²) >= 11 is 11.7. The third-order valence-corrected chi connectivity index (χ3v) is 3.14. The first-order valence-electron chi connectivity index (χ1n) is 5.05. The third-order valence-electron chi connectivity index (χ3n) is 2.40. The molecule has 0 fully saturated rings. The normalized spacial score (nSPS) is 12.4. The van der Waals surface area contributed by atoms with Gasteiger partial charge < -0.3 is 5.11 Å². The van der Waals surface area contributed by atoms with E-state index in [2.05, 4.69) is 10.2 Å². The van der Waals surface area contributed by atoms with Gasteiger partial charge in [0.25, 0.3) is 0 Å². The van der Waals surface area contributed by atoms with E-state index in [9.17, 15) is 5.11 Å². The third kappa shape index (κ3) is 3.16. The van der Waals surface area contributed by atoms with Crippen LogP contribution in [0.15, 0.2) is 36.7 Å². The minimum Gasteiger partial charge on any atom is -0.388 e. The molecule has 1 N–H and O–H groups in total. The number of aliphatic hydroxyl groups excluding tert-OH is 1. The molecule has 1 aromatic carbocycles. The summed E-state index contributed by atoms with van der Waals surface area (Å²) in [4.78, 5) is 0. The summed E-state index contributed by atoms with van der Waals surface area (Å²) in [6.07, 6.45) is 2.93. The molecule has 0 amide bonds. The molecule has 1 atom stereocenters. The molecule has 2 aromatic rings. The predicted octanol–water partition coefficient (Wildman–Crippen LogP) is 3.06. The molecule has 0 aliphatic carbocycles. The van der Waals surface area contributed by atoms with Gasteiger partial charge in [0, 0.05) is 18.2 Å². The predicted molar refractivity (Wildman–Crippen MR) is 67.2 cm³/mol. The molecule has 0 bridgehead atoms. The molecular formula is C12H10Cl2N2O. The molecule has 3 nitrogen and oxygen atoms in total. The Morgan fingerprint density at radius 1 is 1.12 bits per heavy atom. The fourth-order valence-electron chi connectivity index (χ4n) is 1.51. The molecule has 0 aliphatic heterocycles. The van der Waals surface area contributed by atoms with Crippen LogP contribution in [-0.4, -0.2) is 15.3 Å². The zero-order valence-corrected chi connectivity index (χ0v) is 10.4. The zero-order valence-electron chi connectivity index (χ0n) is 8.85. The minimum absolute atomic E-state index is 0.461. The summed E-state index contributed by atoms with van der Waals surface area (Å²) < 4.78 is 0. The topological polar surface area (TPSA) is 46.0 Å². The van der Waals surface area contributed by atoms with Gasteiger partial charge in [0.05, 0.1) is 22.3 Å². The Labute approximate surface area is 109 Å². The average molecular weight is 269 g/mol. The summed E-state index contributed by atoms with van der Waals surface area (Å²) in [5.74, 6) is 0. The molecule has 5 heteroatoms. The van der Waals surface area contributed by atoms with Crippen LogP contribution in [0.3, 0.4) is 0 Å². The molecule has 0 aliphatic rings. The Morgan fingerprint density at radius 3 is 2.59 bits per heavy atom. The van der Waals surface area contributed by atoms with Crippen molar-refractivity contribution in [2.24, 2.45) is 0 Å². The van der Waals surface area contributed by atoms with Crippen LogP contribution in [0.2, 0.25) is 10.0 Å². The number of rotatable bonds is 3. The van der Waals surface area contributed by atoms with Crippen molar-refractivity contribution >= 4 is 23.2 Å². The van der Waals surface area contributed by atoms with E-state index in [4.69, 9.17) is 23.2 Å². The van der Waals surface area contributed by atoms with Gasteiger partial charge in [0.15, 0.2) is 0 Å². The van der Waals surface area contributed by atoms with Crippen molar-refractivity contribution < 1.29 is 5.11 Å². The molecule has 1 unspecified atom stereocenters. The molecular weight excluding hydrogens is 259 g/mol. The molecule has 2 rings (SSSR count). The molecule has 1 heterocycles. The van der Waals surface area contributed by atoms with Crippen molar-refractivity contribution in [3.8, 4) is 0 Å². The number of nitrogens with zero attached hydrogens (tertiary/aromatic N) is 2. The van der Waals surface area contributed by atoms with Crippen LogP contribution in [0.4, 0.5) is 0 Å². The van der Waals surface area contributed by atoms with E-state index in [-0.39, 0.29) is 0 Å². The van der Waals surface area contributed by atoms with Gasteiger partial charge in [0.2, 0.25) is 0 Å². The highest BCUT2D eigenvalue weighted by atomic mass is 35.5. The van der Waals surface area contributed by atoms with Crippen LogP contribution in [0.5, 0.6) is 0 Å². The lowest BCUT2D eigenvalue weighted by atomic mass is 10.0. The molecule has 0 saturated carbocycles. The standard InChI is InChI=1S/C12H10Cl2N2O/c13-10-2-1-8(5-11(10)14)6-12(17)9-3-4-15-16-7-9/h1-5,7,12,17H,6H2. The van der Waals surface area contributed by atoms with Crippen LogP contribution >= 0.6 is 23.2 Å². The van der Waals surface area contributed by atoms with E-state index in [1.165, 1.54) is 0 Å². The van der Waals surface area contributed by atoms with E-state index in [1.807, 2.05) is 6.07 Å². The Morgan fingerprint density at radius 2 is 1.94 bits per heavy atom. The first kappa shape index (κ1) is 12.3. The second-order valence-corrected chi connectivity index (χ2v) is 4.46. The van der Waals surface area contributed by atoms with Crippen LogP contribution in [-0.2, 0) is 6.42 Å². The van der Waals surface area contributed by atoms with E-state index in [0.717, 1.165) is 11.1 Å². The first-order valence-corrected chi connectivity index (χ1v) is 5.81. The Kier molecular flexibility index (Phi) is 3.94. The van der Waals surface area contributed by atoms with Crippen molar-refractivity contribution in [3.63, 3.8) is 0 Å². The van der Waals surface area contributed by atoms with Gasteiger partial charge in [-0.25, -0.2) is 0 Å². The quantitative estimate of drug-likeness (QED) is 0.931. The minimum atomic E-state index is -0.622. The number of hydrogen-bond donors (Lipinski definition) is 1. The molecule has 0 saturated heterocycles. The Hall–Kier alpha value is -1.16. The fourth-order valence-corrected chi connectivity index (χ4v) is 1.83. The van der Waals surface area contributed by atoms with Crippen LogP contribution < -0.4 is 0 Å². The number of aromatic nitrogens is 2. The molecule has 17 heavy (non-hydrogen) atoms. The van der Waals surface area contributed by atoms with Gasteiger partial charge in [-0.05, 0) is 23.8 Å². The van der Waals surface area contributed by atoms with Gasteiger partial charge in [0.1, 0.15) is 0 Å². The van der Waals surface area contributed by atoms with Crippen molar-refractivity contribution in [1.82, 2.24) is 10.2 Å². The summed E-state index contributed by atoms with van der Waals surface area (Å²) in [6.45, 7) is 0. The van der Waals surface area contributed by atoms with E-state index >= 15 is 0 Å². The van der Waals surface area contributed by atoms with E-state index < -0.39 is 6.10 Å². The average Bonchev–Trinajstić information content (AvgIpc) is 2.35. The Balaban J connectivity index is 2.13. The maximum absolute atomic E-state index is 9.99. The number of aliphatic hydroxyl groups is 1. The molecule has 1 aromatic heterocycles. The number of halogens is 2. The van der Waals surface area contributed by atoms with Gasteiger partial charge in [-0.3, -0.25) is 0 Å². The van der Waals surface area contributed by atoms with Gasteiger partial charge in [-0.2, -0.15) is 10.2 Å². The van der Waals surface area contributed by atoms with Gasteiger partial charge in [-0.1, -0.05) is 29.3 Å². The smallest absolute Gasteiger partial charge is 0.0846 e. The largest absolute Gasteiger partial charge is 0.388 e. The summed E-state index contributed by atoms with van der Waals surface area (Å²) in [5, 5.41) is 18.4. The van der Waals surface area contributed by atoms with Crippen LogP contribution in [0, 0.1) is 0 Å². The van der Waals surface area contributed by atoms with E-state index in [0.29, 0.717) is 16.5 Å². The second kappa shape index (κ2) is 5.45. The second-order valence-electron chi connectivity index (χ2n) is 3.64. The highest BCUT2D eigenvalue weighted by Crippen LogP contribution is 2.25. The fraction of sp³-hybridized carbons (Fsp3) is 0.167. The molecule has 88 valence electrons. The SMILES string of the molecule is OC(Cc1ccc(Cl)c(Cl)c1)c1ccnnc1. The number of benzene rings is 1. The highest BCUT2D eigenvalue weighted by Gasteiger charge is 2.09. The Bertz CT molecular complexity index is 505.